The number of hydrogen-bond donors (Lipinski definition) is 0. The number of nitrogens with zero attached hydrogens (tertiary/aromatic N) is 2. The van der Waals surface area contributed by atoms with Crippen LogP contribution >= 0.6 is 0 Å². The molecule has 1 aromatic heterocycles. The standard InChI is InChI=1S/C20H20N2O3/c1-24-18-9-13-7-8-14(15(13)11-19(18)25-2)10-20(23)22-12-21-16-5-3-4-6-17(16)22/h3-6,9,11-12,14H,7-8,10H2,1-2H3. The SMILES string of the molecule is COc1cc2c(cc1OC)C(CC(=O)n1cnc3ccccc31)CC2. The number of carbonyl (C=O) groups is 1. The number of benzene rings is 2. The van der Waals surface area contributed by atoms with Gasteiger partial charge in [0.1, 0.15) is 6.33 Å². The highest BCUT2D eigenvalue weighted by molar-refractivity contribution is 5.90. The Morgan fingerprint density at radius 3 is 2.76 bits per heavy atom. The van der Waals surface area contributed by atoms with E-state index in [1.165, 1.54) is 11.1 Å². The molecule has 0 aliphatic heterocycles. The van der Waals surface area contributed by atoms with Crippen molar-refractivity contribution in [1.82, 2.24) is 9.55 Å². The van der Waals surface area contributed by atoms with Crippen molar-refractivity contribution in [2.45, 2.75) is 25.2 Å². The first-order chi connectivity index (χ1) is 12.2. The van der Waals surface area contributed by atoms with Gasteiger partial charge >= 0.3 is 0 Å². The summed E-state index contributed by atoms with van der Waals surface area (Å²) in [5, 5.41) is 0. The smallest absolute Gasteiger partial charge is 0.232 e. The number of aryl methyl sites for hydroxylation is 1. The van der Waals surface area contributed by atoms with E-state index in [0.717, 1.165) is 29.6 Å². The van der Waals surface area contributed by atoms with Crippen LogP contribution in [0.1, 0.15) is 34.7 Å². The zero-order valence-electron chi connectivity index (χ0n) is 14.4. The number of imidazole rings is 1. The molecule has 3 aromatic rings. The Hall–Kier alpha value is -2.82. The summed E-state index contributed by atoms with van der Waals surface area (Å²) < 4.78 is 12.5. The fourth-order valence-electron chi connectivity index (χ4n) is 3.70. The van der Waals surface area contributed by atoms with Crippen LogP contribution in [0.25, 0.3) is 11.0 Å². The number of aromatic nitrogens is 2. The van der Waals surface area contributed by atoms with E-state index in [4.69, 9.17) is 9.47 Å². The van der Waals surface area contributed by atoms with Gasteiger partial charge in [0.05, 0.1) is 25.3 Å². The van der Waals surface area contributed by atoms with Crippen molar-refractivity contribution in [3.63, 3.8) is 0 Å². The molecule has 0 N–H and O–H groups in total. The Kier molecular flexibility index (Phi) is 3.92. The van der Waals surface area contributed by atoms with Crippen LogP contribution in [0.15, 0.2) is 42.7 Å². The van der Waals surface area contributed by atoms with Gasteiger partial charge in [-0.2, -0.15) is 0 Å². The fraction of sp³-hybridized carbons (Fsp3) is 0.300. The largest absolute Gasteiger partial charge is 0.493 e. The first-order valence-corrected chi connectivity index (χ1v) is 8.41. The molecule has 0 radical (unpaired) electrons. The van der Waals surface area contributed by atoms with Gasteiger partial charge in [0, 0.05) is 6.42 Å². The Labute approximate surface area is 146 Å². The van der Waals surface area contributed by atoms with Gasteiger partial charge in [0.2, 0.25) is 5.91 Å². The van der Waals surface area contributed by atoms with Crippen LogP contribution in [0.4, 0.5) is 0 Å². The number of rotatable bonds is 4. The van der Waals surface area contributed by atoms with Gasteiger partial charge in [0.25, 0.3) is 0 Å². The van der Waals surface area contributed by atoms with Gasteiger partial charge in [-0.25, -0.2) is 4.98 Å². The summed E-state index contributed by atoms with van der Waals surface area (Å²) in [6.45, 7) is 0. The van der Waals surface area contributed by atoms with Gasteiger partial charge in [-0.1, -0.05) is 12.1 Å². The lowest BCUT2D eigenvalue weighted by molar-refractivity contribution is 0.0897. The highest BCUT2D eigenvalue weighted by Gasteiger charge is 2.27. The minimum absolute atomic E-state index is 0.0707. The highest BCUT2D eigenvalue weighted by atomic mass is 16.5. The van der Waals surface area contributed by atoms with Crippen LogP contribution in [0.3, 0.4) is 0 Å². The molecule has 1 unspecified atom stereocenters. The first-order valence-electron chi connectivity index (χ1n) is 8.41. The third-order valence-corrected chi connectivity index (χ3v) is 4.99. The molecule has 5 heteroatoms. The summed E-state index contributed by atoms with van der Waals surface area (Å²) in [6, 6.07) is 11.8. The van der Waals surface area contributed by atoms with Gasteiger partial charge in [-0.05, 0) is 54.2 Å². The quantitative estimate of drug-likeness (QED) is 0.727. The lowest BCUT2D eigenvalue weighted by Crippen LogP contribution is -2.13. The molecule has 25 heavy (non-hydrogen) atoms. The van der Waals surface area contributed by atoms with Gasteiger partial charge in [0.15, 0.2) is 11.5 Å². The van der Waals surface area contributed by atoms with Crippen molar-refractivity contribution in [3.05, 3.63) is 53.9 Å². The lowest BCUT2D eigenvalue weighted by Gasteiger charge is -2.14. The summed E-state index contributed by atoms with van der Waals surface area (Å²) in [5.41, 5.74) is 4.13. The molecule has 2 aromatic carbocycles. The topological polar surface area (TPSA) is 53.4 Å². The van der Waals surface area contributed by atoms with Crippen LogP contribution in [0.2, 0.25) is 0 Å². The third kappa shape index (κ3) is 2.65. The second-order valence-electron chi connectivity index (χ2n) is 6.34. The van der Waals surface area contributed by atoms with Crippen molar-refractivity contribution in [3.8, 4) is 11.5 Å². The highest BCUT2D eigenvalue weighted by Crippen LogP contribution is 2.42. The maximum absolute atomic E-state index is 12.8. The minimum Gasteiger partial charge on any atom is -0.493 e. The van der Waals surface area contributed by atoms with Crippen molar-refractivity contribution < 1.29 is 14.3 Å². The molecule has 1 heterocycles. The second kappa shape index (κ2) is 6.24. The lowest BCUT2D eigenvalue weighted by atomic mass is 9.97. The van der Waals surface area contributed by atoms with Crippen LogP contribution in [0, 0.1) is 0 Å². The molecular weight excluding hydrogens is 316 g/mol. The Morgan fingerprint density at radius 2 is 1.96 bits per heavy atom. The summed E-state index contributed by atoms with van der Waals surface area (Å²) in [5.74, 6) is 1.73. The predicted octanol–water partition coefficient (Wildman–Crippen LogP) is 3.81. The average Bonchev–Trinajstić information content (AvgIpc) is 3.24. The summed E-state index contributed by atoms with van der Waals surface area (Å²) in [7, 11) is 3.28. The monoisotopic (exact) mass is 336 g/mol. The van der Waals surface area contributed by atoms with E-state index in [0.29, 0.717) is 12.2 Å². The van der Waals surface area contributed by atoms with Crippen LogP contribution in [0.5, 0.6) is 11.5 Å². The van der Waals surface area contributed by atoms with E-state index in [2.05, 4.69) is 4.98 Å². The Morgan fingerprint density at radius 1 is 1.20 bits per heavy atom. The Balaban J connectivity index is 1.62. The van der Waals surface area contributed by atoms with Crippen molar-refractivity contribution in [2.24, 2.45) is 0 Å². The molecule has 5 nitrogen and oxygen atoms in total. The second-order valence-corrected chi connectivity index (χ2v) is 6.34. The summed E-state index contributed by atoms with van der Waals surface area (Å²) in [6.07, 6.45) is 4.00. The molecule has 128 valence electrons. The van der Waals surface area contributed by atoms with Gasteiger partial charge < -0.3 is 9.47 Å². The molecule has 1 aliphatic carbocycles. The number of para-hydroxylation sites is 2. The first kappa shape index (κ1) is 15.7. The number of methoxy groups -OCH3 is 2. The number of carbonyl (C=O) groups excluding carboxylic acids is 1. The van der Waals surface area contributed by atoms with Crippen molar-refractivity contribution in [1.29, 1.82) is 0 Å². The van der Waals surface area contributed by atoms with E-state index in [1.54, 1.807) is 25.1 Å². The molecule has 0 amide bonds. The maximum Gasteiger partial charge on any atom is 0.232 e. The maximum atomic E-state index is 12.8. The zero-order valence-corrected chi connectivity index (χ0v) is 14.4. The van der Waals surface area contributed by atoms with E-state index >= 15 is 0 Å². The molecule has 0 fully saturated rings. The van der Waals surface area contributed by atoms with E-state index < -0.39 is 0 Å². The third-order valence-electron chi connectivity index (χ3n) is 4.99. The van der Waals surface area contributed by atoms with E-state index in [1.807, 2.05) is 36.4 Å². The molecule has 0 bridgehead atoms. The molecule has 0 spiro atoms. The number of hydrogen-bond acceptors (Lipinski definition) is 4. The molecule has 4 rings (SSSR count). The van der Waals surface area contributed by atoms with Crippen LogP contribution in [-0.2, 0) is 6.42 Å². The Bertz CT molecular complexity index is 945. The van der Waals surface area contributed by atoms with Crippen LogP contribution < -0.4 is 9.47 Å². The molecule has 0 saturated heterocycles. The van der Waals surface area contributed by atoms with E-state index in [9.17, 15) is 4.79 Å². The summed E-state index contributed by atoms with van der Waals surface area (Å²) in [4.78, 5) is 17.1. The van der Waals surface area contributed by atoms with Crippen LogP contribution in [-0.4, -0.2) is 29.7 Å². The number of ether oxygens (including phenoxy) is 2. The fourth-order valence-corrected chi connectivity index (χ4v) is 3.70. The van der Waals surface area contributed by atoms with Gasteiger partial charge in [-0.3, -0.25) is 9.36 Å². The predicted molar refractivity (Wildman–Crippen MR) is 95.6 cm³/mol. The minimum atomic E-state index is 0.0707. The van der Waals surface area contributed by atoms with E-state index in [-0.39, 0.29) is 11.8 Å². The molecular formula is C20H20N2O3. The average molecular weight is 336 g/mol. The zero-order chi connectivity index (χ0) is 17.4. The molecule has 1 atom stereocenters. The van der Waals surface area contributed by atoms with Crippen molar-refractivity contribution >= 4 is 16.9 Å². The molecule has 1 aliphatic rings. The van der Waals surface area contributed by atoms with Gasteiger partial charge in [-0.15, -0.1) is 0 Å². The summed E-state index contributed by atoms with van der Waals surface area (Å²) >= 11 is 0. The molecule has 0 saturated carbocycles. The number of fused-ring (bicyclic) bond motifs is 2. The normalized spacial score (nSPS) is 16.0. The van der Waals surface area contributed by atoms with Crippen molar-refractivity contribution in [2.75, 3.05) is 14.2 Å².